The number of aliphatic hydroxyl groups is 6. The Bertz CT molecular complexity index is 234. The van der Waals surface area contributed by atoms with E-state index in [1.807, 2.05) is 0 Å². The summed E-state index contributed by atoms with van der Waals surface area (Å²) in [4.78, 5) is 19.6. The monoisotopic (exact) mass is 296 g/mol. The van der Waals surface area contributed by atoms with E-state index < -0.39 is 49.6 Å². The topological polar surface area (TPSA) is 196 Å². The molecule has 0 aromatic heterocycles. The summed E-state index contributed by atoms with van der Waals surface area (Å²) >= 11 is 0. The first-order valence-electron chi connectivity index (χ1n) is 4.58. The van der Waals surface area contributed by atoms with Crippen LogP contribution in [-0.2, 0) is 9.59 Å². The average Bonchev–Trinajstić information content (AvgIpc) is 2.35. The molecular formula is C8H16MgO10+2. The van der Waals surface area contributed by atoms with Crippen molar-refractivity contribution in [3.8, 4) is 0 Å². The molecule has 4 atom stereocenters. The summed E-state index contributed by atoms with van der Waals surface area (Å²) in [6.07, 6.45) is -6.98. The van der Waals surface area contributed by atoms with Crippen LogP contribution in [0.25, 0.3) is 0 Å². The van der Waals surface area contributed by atoms with Gasteiger partial charge < -0.3 is 40.9 Å². The molecule has 8 N–H and O–H groups in total. The molecular weight excluding hydrogens is 280 g/mol. The molecule has 19 heavy (non-hydrogen) atoms. The minimum Gasteiger partial charge on any atom is -0.479 e. The summed E-state index contributed by atoms with van der Waals surface area (Å²) in [5.41, 5.74) is 0. The van der Waals surface area contributed by atoms with E-state index in [0.29, 0.717) is 0 Å². The fourth-order valence-electron chi connectivity index (χ4n) is 0.529. The maximum absolute atomic E-state index is 9.78. The van der Waals surface area contributed by atoms with Crippen molar-refractivity contribution in [2.24, 2.45) is 0 Å². The minimum atomic E-state index is -1.89. The van der Waals surface area contributed by atoms with Gasteiger partial charge in [-0.15, -0.1) is 0 Å². The molecule has 0 bridgehead atoms. The van der Waals surface area contributed by atoms with E-state index in [-0.39, 0.29) is 23.1 Å². The van der Waals surface area contributed by atoms with Gasteiger partial charge >= 0.3 is 35.0 Å². The molecule has 0 aliphatic rings. The van der Waals surface area contributed by atoms with Gasteiger partial charge in [0.05, 0.1) is 13.2 Å². The Hall–Kier alpha value is -0.534. The van der Waals surface area contributed by atoms with E-state index in [1.165, 1.54) is 0 Å². The van der Waals surface area contributed by atoms with E-state index in [2.05, 4.69) is 0 Å². The fraction of sp³-hybridized carbons (Fsp3) is 0.750. The largest absolute Gasteiger partial charge is 2.00 e. The number of rotatable bonds is 6. The van der Waals surface area contributed by atoms with Gasteiger partial charge in [-0.25, -0.2) is 9.59 Å². The molecule has 0 spiro atoms. The number of carboxylic acids is 2. The van der Waals surface area contributed by atoms with Crippen LogP contribution >= 0.6 is 0 Å². The Kier molecular flexibility index (Phi) is 15.5. The van der Waals surface area contributed by atoms with E-state index in [9.17, 15) is 9.59 Å². The van der Waals surface area contributed by atoms with Crippen molar-refractivity contribution in [2.75, 3.05) is 13.2 Å². The molecule has 0 aliphatic heterocycles. The quantitative estimate of drug-likeness (QED) is 0.220. The van der Waals surface area contributed by atoms with E-state index in [0.717, 1.165) is 0 Å². The van der Waals surface area contributed by atoms with Gasteiger partial charge in [-0.3, -0.25) is 0 Å². The summed E-state index contributed by atoms with van der Waals surface area (Å²) in [5, 5.41) is 65.7. The van der Waals surface area contributed by atoms with Crippen LogP contribution in [0.2, 0.25) is 0 Å². The van der Waals surface area contributed by atoms with E-state index >= 15 is 0 Å². The van der Waals surface area contributed by atoms with E-state index in [4.69, 9.17) is 40.9 Å². The van der Waals surface area contributed by atoms with Crippen LogP contribution in [0, 0.1) is 0 Å². The average molecular weight is 297 g/mol. The van der Waals surface area contributed by atoms with Crippen molar-refractivity contribution in [1.29, 1.82) is 0 Å². The first-order chi connectivity index (χ1) is 8.18. The van der Waals surface area contributed by atoms with Crippen LogP contribution in [0.3, 0.4) is 0 Å². The number of carboxylic acid groups (broad SMARTS) is 2. The van der Waals surface area contributed by atoms with Crippen molar-refractivity contribution in [2.45, 2.75) is 24.4 Å². The molecule has 0 unspecified atom stereocenters. The van der Waals surface area contributed by atoms with Gasteiger partial charge in [-0.05, 0) is 0 Å². The van der Waals surface area contributed by atoms with Crippen molar-refractivity contribution in [3.63, 3.8) is 0 Å². The molecule has 0 saturated carbocycles. The first-order valence-corrected chi connectivity index (χ1v) is 4.58. The zero-order chi connectivity index (χ0) is 14.9. The van der Waals surface area contributed by atoms with Gasteiger partial charge in [0.15, 0.2) is 12.2 Å². The molecule has 0 fully saturated rings. The van der Waals surface area contributed by atoms with Crippen LogP contribution in [0.4, 0.5) is 0 Å². The van der Waals surface area contributed by atoms with Crippen molar-refractivity contribution in [1.82, 2.24) is 0 Å². The Labute approximate surface area is 123 Å². The van der Waals surface area contributed by atoms with Crippen molar-refractivity contribution in [3.05, 3.63) is 0 Å². The minimum absolute atomic E-state index is 0. The molecule has 0 aromatic carbocycles. The number of hydrogen-bond acceptors (Lipinski definition) is 8. The normalized spacial score (nSPS) is 15.9. The second-order valence-corrected chi connectivity index (χ2v) is 3.07. The molecule has 108 valence electrons. The molecule has 0 rings (SSSR count). The number of aliphatic hydroxyl groups excluding tert-OH is 6. The fourth-order valence-corrected chi connectivity index (χ4v) is 0.529. The maximum Gasteiger partial charge on any atom is 2.00 e. The van der Waals surface area contributed by atoms with E-state index in [1.54, 1.807) is 0 Å². The van der Waals surface area contributed by atoms with Crippen LogP contribution < -0.4 is 0 Å². The van der Waals surface area contributed by atoms with Crippen molar-refractivity contribution < 1.29 is 50.4 Å². The maximum atomic E-state index is 9.78. The van der Waals surface area contributed by atoms with Crippen LogP contribution in [0.5, 0.6) is 0 Å². The SMILES string of the molecule is O=C(O)[C@H](O)[C@@H](O)CO.O=C(O)[C@H](O)[C@@H](O)CO.[Mg+2]. The van der Waals surface area contributed by atoms with Gasteiger partial charge in [0, 0.05) is 0 Å². The summed E-state index contributed by atoms with van der Waals surface area (Å²) in [6.45, 7) is -1.51. The summed E-state index contributed by atoms with van der Waals surface area (Å²) in [6, 6.07) is 0. The zero-order valence-corrected chi connectivity index (χ0v) is 11.2. The molecule has 0 aromatic rings. The molecule has 0 heterocycles. The van der Waals surface area contributed by atoms with Crippen molar-refractivity contribution >= 4 is 35.0 Å². The van der Waals surface area contributed by atoms with Crippen LogP contribution in [0.1, 0.15) is 0 Å². The zero-order valence-electron chi connectivity index (χ0n) is 9.82. The predicted molar refractivity (Wildman–Crippen MR) is 59.2 cm³/mol. The molecule has 0 radical (unpaired) electrons. The predicted octanol–water partition coefficient (Wildman–Crippen LogP) is -4.81. The third kappa shape index (κ3) is 11.0. The third-order valence-electron chi connectivity index (χ3n) is 1.61. The molecule has 0 amide bonds. The third-order valence-corrected chi connectivity index (χ3v) is 1.61. The summed E-state index contributed by atoms with van der Waals surface area (Å²) in [5.74, 6) is -3.09. The number of hydrogen-bond donors (Lipinski definition) is 8. The summed E-state index contributed by atoms with van der Waals surface area (Å²) < 4.78 is 0. The number of carbonyl (C=O) groups is 2. The smallest absolute Gasteiger partial charge is 0.479 e. The van der Waals surface area contributed by atoms with Gasteiger partial charge in [0.2, 0.25) is 0 Å². The first kappa shape index (κ1) is 23.6. The van der Waals surface area contributed by atoms with Crippen LogP contribution in [-0.4, -0.2) is 113 Å². The van der Waals surface area contributed by atoms with Gasteiger partial charge in [-0.1, -0.05) is 0 Å². The number of aliphatic carboxylic acids is 2. The Morgan fingerprint density at radius 1 is 0.737 bits per heavy atom. The second kappa shape index (κ2) is 12.5. The summed E-state index contributed by atoms with van der Waals surface area (Å²) in [7, 11) is 0. The van der Waals surface area contributed by atoms with Gasteiger partial charge in [0.1, 0.15) is 12.2 Å². The van der Waals surface area contributed by atoms with Crippen LogP contribution in [0.15, 0.2) is 0 Å². The molecule has 0 saturated heterocycles. The second-order valence-electron chi connectivity index (χ2n) is 3.07. The molecule has 0 aliphatic carbocycles. The Balaban J connectivity index is -0.000000256. The Morgan fingerprint density at radius 3 is 1.00 bits per heavy atom. The molecule has 10 nitrogen and oxygen atoms in total. The van der Waals surface area contributed by atoms with Gasteiger partial charge in [0.25, 0.3) is 0 Å². The Morgan fingerprint density at radius 2 is 0.947 bits per heavy atom. The molecule has 11 heteroatoms. The standard InChI is InChI=1S/2C4H8O5.Mg/c2*5-1-2(6)3(7)4(8)9;/h2*2-3,5-7H,1H2,(H,8,9);/q;;+2/t2*2-,3+;/m00./s1. The van der Waals surface area contributed by atoms with Gasteiger partial charge in [-0.2, -0.15) is 0 Å².